The first-order valence-electron chi connectivity index (χ1n) is 12.5. The topological polar surface area (TPSA) is 124 Å². The van der Waals surface area contributed by atoms with Crippen molar-refractivity contribution in [2.24, 2.45) is 46.0 Å². The molecule has 0 aromatic carbocycles. The van der Waals surface area contributed by atoms with Gasteiger partial charge in [0.25, 0.3) is 0 Å². The molecule has 2 saturated carbocycles. The van der Waals surface area contributed by atoms with E-state index >= 15 is 0 Å². The van der Waals surface area contributed by atoms with Crippen LogP contribution >= 0.6 is 0 Å². The van der Waals surface area contributed by atoms with E-state index < -0.39 is 0 Å². The molecule has 8 heteroatoms. The Labute approximate surface area is 193 Å². The van der Waals surface area contributed by atoms with E-state index in [2.05, 4.69) is 22.5 Å². The Kier molecular flexibility index (Phi) is 9.61. The molecule has 1 heterocycles. The van der Waals surface area contributed by atoms with Crippen LogP contribution in [0.15, 0.2) is 4.99 Å². The number of nitrogens with zero attached hydrogens (tertiary/aromatic N) is 1. The van der Waals surface area contributed by atoms with Crippen molar-refractivity contribution in [3.8, 4) is 0 Å². The van der Waals surface area contributed by atoms with Gasteiger partial charge in [-0.1, -0.05) is 0 Å². The quantitative estimate of drug-likeness (QED) is 0.328. The van der Waals surface area contributed by atoms with Crippen molar-refractivity contribution in [1.29, 1.82) is 0 Å². The molecular weight excluding hydrogens is 406 g/mol. The molecule has 2 aliphatic carbocycles. The highest BCUT2D eigenvalue weighted by Gasteiger charge is 2.38. The summed E-state index contributed by atoms with van der Waals surface area (Å²) in [7, 11) is 3.53. The molecule has 0 aromatic rings. The molecular formula is C24H45N5O3. The number of nitrogens with two attached hydrogens (primary N) is 2. The lowest BCUT2D eigenvalue weighted by atomic mass is 9.67. The Bertz CT molecular complexity index is 615. The van der Waals surface area contributed by atoms with E-state index in [9.17, 15) is 4.79 Å². The maximum atomic E-state index is 13.2. The number of piperidine rings is 1. The normalized spacial score (nSPS) is 38.1. The van der Waals surface area contributed by atoms with Crippen molar-refractivity contribution < 1.29 is 14.3 Å². The molecule has 3 rings (SSSR count). The summed E-state index contributed by atoms with van der Waals surface area (Å²) in [4.78, 5) is 17.5. The molecule has 7 atom stereocenters. The smallest absolute Gasteiger partial charge is 0.223 e. The van der Waals surface area contributed by atoms with Gasteiger partial charge >= 0.3 is 0 Å². The number of carbonyl (C=O) groups is 1. The Morgan fingerprint density at radius 1 is 0.969 bits per heavy atom. The molecule has 0 radical (unpaired) electrons. The van der Waals surface area contributed by atoms with Gasteiger partial charge in [-0.2, -0.15) is 0 Å². The first-order chi connectivity index (χ1) is 15.4. The highest BCUT2D eigenvalue weighted by Crippen LogP contribution is 2.41. The minimum atomic E-state index is 0.0400. The molecule has 0 spiro atoms. The lowest BCUT2D eigenvalue weighted by molar-refractivity contribution is -0.128. The summed E-state index contributed by atoms with van der Waals surface area (Å²) >= 11 is 0. The van der Waals surface area contributed by atoms with Crippen molar-refractivity contribution in [2.45, 2.75) is 76.5 Å². The maximum absolute atomic E-state index is 13.2. The molecule has 6 N–H and O–H groups in total. The maximum Gasteiger partial charge on any atom is 0.223 e. The lowest BCUT2D eigenvalue weighted by Gasteiger charge is -2.41. The number of ether oxygens (including phenoxy) is 2. The number of hydrogen-bond acceptors (Lipinski definition) is 5. The van der Waals surface area contributed by atoms with Gasteiger partial charge < -0.3 is 31.6 Å². The van der Waals surface area contributed by atoms with Gasteiger partial charge in [0.15, 0.2) is 5.96 Å². The number of guanidine groups is 1. The van der Waals surface area contributed by atoms with Crippen LogP contribution in [0.2, 0.25) is 0 Å². The van der Waals surface area contributed by atoms with Crippen LogP contribution < -0.4 is 22.1 Å². The molecule has 3 fully saturated rings. The highest BCUT2D eigenvalue weighted by molar-refractivity contribution is 5.78. The second-order valence-corrected chi connectivity index (χ2v) is 10.5. The van der Waals surface area contributed by atoms with Crippen LogP contribution in [-0.4, -0.2) is 64.0 Å². The van der Waals surface area contributed by atoms with Crippen molar-refractivity contribution in [2.75, 3.05) is 33.9 Å². The van der Waals surface area contributed by atoms with E-state index in [-0.39, 0.29) is 30.0 Å². The molecule has 0 aromatic heterocycles. The third-order valence-corrected chi connectivity index (χ3v) is 8.02. The Balaban J connectivity index is 1.59. The predicted octanol–water partition coefficient (Wildman–Crippen LogP) is 1.63. The van der Waals surface area contributed by atoms with Gasteiger partial charge in [-0.25, -0.2) is 0 Å². The number of rotatable bonds is 8. The van der Waals surface area contributed by atoms with Crippen molar-refractivity contribution in [3.63, 3.8) is 0 Å². The van der Waals surface area contributed by atoms with E-state index in [1.54, 1.807) is 14.2 Å². The molecule has 1 amide bonds. The minimum absolute atomic E-state index is 0.0400. The molecule has 7 unspecified atom stereocenters. The molecule has 1 saturated heterocycles. The highest BCUT2D eigenvalue weighted by atomic mass is 16.5. The summed E-state index contributed by atoms with van der Waals surface area (Å²) in [6.07, 6.45) is 8.65. The van der Waals surface area contributed by atoms with Gasteiger partial charge in [0.2, 0.25) is 5.91 Å². The zero-order valence-electron chi connectivity index (χ0n) is 20.2. The van der Waals surface area contributed by atoms with Crippen LogP contribution in [0, 0.1) is 29.6 Å². The third kappa shape index (κ3) is 7.32. The van der Waals surface area contributed by atoms with Crippen LogP contribution in [0.25, 0.3) is 0 Å². The molecule has 184 valence electrons. The molecule has 3 aliphatic rings. The first-order valence-corrected chi connectivity index (χ1v) is 12.5. The van der Waals surface area contributed by atoms with Crippen LogP contribution in [-0.2, 0) is 14.3 Å². The Morgan fingerprint density at radius 3 is 2.31 bits per heavy atom. The van der Waals surface area contributed by atoms with E-state index in [1.165, 1.54) is 12.8 Å². The number of amides is 1. The van der Waals surface area contributed by atoms with Crippen LogP contribution in [0.5, 0.6) is 0 Å². The van der Waals surface area contributed by atoms with Crippen molar-refractivity contribution in [3.05, 3.63) is 0 Å². The SMILES string of the molecule is COC1CC(CNC(=O)C2CC(CN=C(N)N)CC(C3CCNC(C)C3)C2)CC(OC)C1. The Morgan fingerprint density at radius 2 is 1.69 bits per heavy atom. The second kappa shape index (κ2) is 12.2. The van der Waals surface area contributed by atoms with Crippen molar-refractivity contribution in [1.82, 2.24) is 10.6 Å². The van der Waals surface area contributed by atoms with Gasteiger partial charge in [0.05, 0.1) is 12.2 Å². The molecule has 1 aliphatic heterocycles. The fraction of sp³-hybridized carbons (Fsp3) is 0.917. The van der Waals surface area contributed by atoms with Gasteiger partial charge in [0, 0.05) is 39.3 Å². The molecule has 32 heavy (non-hydrogen) atoms. The van der Waals surface area contributed by atoms with Gasteiger partial charge in [-0.3, -0.25) is 9.79 Å². The average molecular weight is 452 g/mol. The van der Waals surface area contributed by atoms with Gasteiger partial charge in [-0.15, -0.1) is 0 Å². The largest absolute Gasteiger partial charge is 0.381 e. The summed E-state index contributed by atoms with van der Waals surface area (Å²) in [5, 5.41) is 6.84. The van der Waals surface area contributed by atoms with Crippen LogP contribution in [0.1, 0.15) is 58.3 Å². The van der Waals surface area contributed by atoms with Crippen molar-refractivity contribution >= 4 is 11.9 Å². The standard InChI is InChI=1S/C24H45N5O3/c1-15-6-18(4-5-27-15)19-7-16(14-29-24(25)26)8-20(11-19)23(30)28-13-17-9-21(31-2)12-22(10-17)32-3/h15-22,27H,4-14H2,1-3H3,(H,28,30)(H4,25,26,29). The average Bonchev–Trinajstić information content (AvgIpc) is 2.80. The summed E-state index contributed by atoms with van der Waals surface area (Å²) in [6, 6.07) is 0.549. The zero-order valence-corrected chi connectivity index (χ0v) is 20.2. The van der Waals surface area contributed by atoms with E-state index in [1.807, 2.05) is 0 Å². The first kappa shape index (κ1) is 25.2. The lowest BCUT2D eigenvalue weighted by Crippen LogP contribution is -2.44. The number of aliphatic imine (C=N–C) groups is 1. The zero-order chi connectivity index (χ0) is 23.1. The monoisotopic (exact) mass is 451 g/mol. The fourth-order valence-corrected chi connectivity index (χ4v) is 6.33. The number of carbonyl (C=O) groups excluding carboxylic acids is 1. The third-order valence-electron chi connectivity index (χ3n) is 8.02. The second-order valence-electron chi connectivity index (χ2n) is 10.5. The number of hydrogen-bond donors (Lipinski definition) is 4. The number of nitrogens with one attached hydrogen (secondary N) is 2. The predicted molar refractivity (Wildman–Crippen MR) is 127 cm³/mol. The summed E-state index contributed by atoms with van der Waals surface area (Å²) < 4.78 is 11.2. The van der Waals surface area contributed by atoms with E-state index in [0.717, 1.165) is 45.1 Å². The summed E-state index contributed by atoms with van der Waals surface area (Å²) in [6.45, 7) is 4.65. The summed E-state index contributed by atoms with van der Waals surface area (Å²) in [5.41, 5.74) is 11.2. The summed E-state index contributed by atoms with van der Waals surface area (Å²) in [5.74, 6) is 2.37. The minimum Gasteiger partial charge on any atom is -0.381 e. The van der Waals surface area contributed by atoms with Crippen LogP contribution in [0.3, 0.4) is 0 Å². The van der Waals surface area contributed by atoms with E-state index in [0.29, 0.717) is 42.8 Å². The Hall–Kier alpha value is -1.38. The van der Waals surface area contributed by atoms with Gasteiger partial charge in [0.1, 0.15) is 0 Å². The fourth-order valence-electron chi connectivity index (χ4n) is 6.33. The number of methoxy groups -OCH3 is 2. The van der Waals surface area contributed by atoms with Crippen LogP contribution in [0.4, 0.5) is 0 Å². The molecule has 8 nitrogen and oxygen atoms in total. The van der Waals surface area contributed by atoms with Gasteiger partial charge in [-0.05, 0) is 88.5 Å². The van der Waals surface area contributed by atoms with E-state index in [4.69, 9.17) is 20.9 Å². The molecule has 0 bridgehead atoms.